The minimum atomic E-state index is -1.06. The van der Waals surface area contributed by atoms with E-state index in [1.807, 2.05) is 29.5 Å². The summed E-state index contributed by atoms with van der Waals surface area (Å²) in [7, 11) is 0. The first kappa shape index (κ1) is 18.0. The molecule has 0 radical (unpaired) electrons. The molecule has 122 valence electrons. The predicted molar refractivity (Wildman–Crippen MR) is 96.5 cm³/mol. The van der Waals surface area contributed by atoms with Crippen LogP contribution in [-0.4, -0.2) is 14.9 Å². The molecule has 0 saturated heterocycles. The van der Waals surface area contributed by atoms with E-state index in [0.717, 1.165) is 0 Å². The third kappa shape index (κ3) is 4.15. The van der Waals surface area contributed by atoms with Gasteiger partial charge in [-0.1, -0.05) is 0 Å². The fourth-order valence-electron chi connectivity index (χ4n) is 1.94. The van der Waals surface area contributed by atoms with Gasteiger partial charge in [-0.05, 0) is 63.6 Å². The molecule has 1 heterocycles. The second-order valence-corrected chi connectivity index (χ2v) is 6.49. The summed E-state index contributed by atoms with van der Waals surface area (Å²) in [5, 5.41) is 21.0. The van der Waals surface area contributed by atoms with E-state index < -0.39 is 6.10 Å². The lowest BCUT2D eigenvalue weighted by molar-refractivity contribution is 0.215. The van der Waals surface area contributed by atoms with Crippen LogP contribution in [0.25, 0.3) is 0 Å². The van der Waals surface area contributed by atoms with Crippen molar-refractivity contribution in [3.8, 4) is 0 Å². The number of nitrogens with one attached hydrogen (secondary N) is 2. The van der Waals surface area contributed by atoms with Crippen molar-refractivity contribution in [2.24, 2.45) is 5.11 Å². The first-order valence-corrected chi connectivity index (χ1v) is 8.53. The number of nitrogens with zero attached hydrogens (tertiary/aromatic N) is 3. The Morgan fingerprint density at radius 3 is 2.96 bits per heavy atom. The molecule has 0 saturated carbocycles. The van der Waals surface area contributed by atoms with E-state index in [9.17, 15) is 9.50 Å². The van der Waals surface area contributed by atoms with E-state index in [2.05, 4.69) is 31.5 Å². The zero-order valence-electron chi connectivity index (χ0n) is 12.1. The normalized spacial score (nSPS) is 13.0. The van der Waals surface area contributed by atoms with Crippen LogP contribution in [0, 0.1) is 14.9 Å². The van der Waals surface area contributed by atoms with Crippen molar-refractivity contribution in [3.05, 3.63) is 55.8 Å². The lowest BCUT2D eigenvalue weighted by atomic mass is 10.1. The van der Waals surface area contributed by atoms with Gasteiger partial charge in [0, 0.05) is 15.7 Å². The average molecular weight is 494 g/mol. The van der Waals surface area contributed by atoms with Gasteiger partial charge >= 0.3 is 0 Å². The zero-order valence-corrected chi connectivity index (χ0v) is 15.8. The quantitative estimate of drug-likeness (QED) is 0.411. The van der Waals surface area contributed by atoms with Crippen molar-refractivity contribution >= 4 is 44.2 Å². The first-order valence-electron chi connectivity index (χ1n) is 6.65. The van der Waals surface area contributed by atoms with Crippen LogP contribution in [0.2, 0.25) is 0 Å². The zero-order chi connectivity index (χ0) is 17.0. The van der Waals surface area contributed by atoms with Crippen LogP contribution in [0.15, 0.2) is 46.0 Å². The van der Waals surface area contributed by atoms with Crippen molar-refractivity contribution in [3.63, 3.8) is 0 Å². The number of halogens is 3. The summed E-state index contributed by atoms with van der Waals surface area (Å²) in [4.78, 5) is 0. The van der Waals surface area contributed by atoms with Gasteiger partial charge < -0.3 is 10.4 Å². The smallest absolute Gasteiger partial charge is 0.125 e. The standard InChI is InChI=1S/C14H14BrFIN5O/c1-2-22-14(15)9(6-20-22)13(23)12(7-19-18)21-11-4-3-8(16)5-10(11)17/h3-7,13,18,21,23H,2H2,1H3/b12-7-,19-18?. The molecule has 3 N–H and O–H groups in total. The molecule has 1 atom stereocenters. The second-order valence-electron chi connectivity index (χ2n) is 4.57. The molecular weight excluding hydrogens is 480 g/mol. The Morgan fingerprint density at radius 1 is 1.65 bits per heavy atom. The molecule has 9 heteroatoms. The molecule has 0 amide bonds. The molecule has 0 fully saturated rings. The maximum atomic E-state index is 13.2. The summed E-state index contributed by atoms with van der Waals surface area (Å²) in [6, 6.07) is 4.25. The van der Waals surface area contributed by atoms with Gasteiger partial charge in [0.1, 0.15) is 16.5 Å². The van der Waals surface area contributed by atoms with Gasteiger partial charge in [-0.25, -0.2) is 9.92 Å². The monoisotopic (exact) mass is 493 g/mol. The number of aromatic nitrogens is 2. The van der Waals surface area contributed by atoms with Gasteiger partial charge in [0.25, 0.3) is 0 Å². The highest BCUT2D eigenvalue weighted by atomic mass is 127. The average Bonchev–Trinajstić information content (AvgIpc) is 2.89. The Kier molecular flexibility index (Phi) is 6.25. The van der Waals surface area contributed by atoms with Gasteiger partial charge in [0.05, 0.1) is 23.8 Å². The van der Waals surface area contributed by atoms with Gasteiger partial charge in [-0.15, -0.1) is 0 Å². The van der Waals surface area contributed by atoms with E-state index in [1.54, 1.807) is 16.9 Å². The van der Waals surface area contributed by atoms with E-state index >= 15 is 0 Å². The maximum Gasteiger partial charge on any atom is 0.125 e. The predicted octanol–water partition coefficient (Wildman–Crippen LogP) is 4.43. The summed E-state index contributed by atoms with van der Waals surface area (Å²) in [5.74, 6) is -0.344. The molecule has 23 heavy (non-hydrogen) atoms. The molecule has 2 aromatic rings. The number of hydrogen-bond acceptors (Lipinski definition) is 5. The largest absolute Gasteiger partial charge is 0.382 e. The molecule has 6 nitrogen and oxygen atoms in total. The van der Waals surface area contributed by atoms with Crippen molar-refractivity contribution in [2.75, 3.05) is 5.32 Å². The highest BCUT2D eigenvalue weighted by Crippen LogP contribution is 2.30. The summed E-state index contributed by atoms with van der Waals surface area (Å²) in [6.07, 6.45) is 1.70. The van der Waals surface area contributed by atoms with Crippen LogP contribution in [0.3, 0.4) is 0 Å². The van der Waals surface area contributed by atoms with Crippen LogP contribution < -0.4 is 5.32 Å². The molecule has 2 rings (SSSR count). The lowest BCUT2D eigenvalue weighted by Gasteiger charge is -2.17. The highest BCUT2D eigenvalue weighted by molar-refractivity contribution is 14.1. The molecule has 0 aliphatic carbocycles. The fraction of sp³-hybridized carbons (Fsp3) is 0.214. The van der Waals surface area contributed by atoms with Crippen LogP contribution in [0.4, 0.5) is 10.1 Å². The Morgan fingerprint density at radius 2 is 2.39 bits per heavy atom. The minimum Gasteiger partial charge on any atom is -0.382 e. The number of hydrogen-bond donors (Lipinski definition) is 3. The SMILES string of the molecule is CCn1ncc(C(O)/C(=C/N=N)Nc2ccc(F)cc2I)c1Br. The van der Waals surface area contributed by atoms with Crippen molar-refractivity contribution in [1.82, 2.24) is 9.78 Å². The van der Waals surface area contributed by atoms with Gasteiger partial charge in [-0.2, -0.15) is 10.2 Å². The van der Waals surface area contributed by atoms with Crippen molar-refractivity contribution < 1.29 is 9.50 Å². The van der Waals surface area contributed by atoms with Gasteiger partial charge in [0.15, 0.2) is 0 Å². The molecule has 0 bridgehead atoms. The lowest BCUT2D eigenvalue weighted by Crippen LogP contribution is -2.11. The number of aliphatic hydroxyl groups is 1. The van der Waals surface area contributed by atoms with Gasteiger partial charge in [0.2, 0.25) is 0 Å². The molecule has 0 spiro atoms. The van der Waals surface area contributed by atoms with Crippen LogP contribution in [0.5, 0.6) is 0 Å². The Hall–Kier alpha value is -1.33. The Labute approximate surface area is 154 Å². The topological polar surface area (TPSA) is 86.3 Å². The van der Waals surface area contributed by atoms with Crippen LogP contribution in [0.1, 0.15) is 18.6 Å². The molecule has 1 aromatic carbocycles. The van der Waals surface area contributed by atoms with Crippen molar-refractivity contribution in [2.45, 2.75) is 19.6 Å². The molecule has 1 aromatic heterocycles. The third-order valence-corrected chi connectivity index (χ3v) is 4.86. The summed E-state index contributed by atoms with van der Waals surface area (Å²) in [6.45, 7) is 2.58. The minimum absolute atomic E-state index is 0.292. The maximum absolute atomic E-state index is 13.2. The Bertz CT molecular complexity index is 749. The fourth-order valence-corrected chi connectivity index (χ4v) is 3.22. The van der Waals surface area contributed by atoms with E-state index in [4.69, 9.17) is 5.53 Å². The van der Waals surface area contributed by atoms with Gasteiger partial charge in [-0.3, -0.25) is 4.68 Å². The molecule has 0 aliphatic heterocycles. The summed E-state index contributed by atoms with van der Waals surface area (Å²) in [5.41, 5.74) is 8.49. The number of rotatable bonds is 6. The number of aliphatic hydroxyl groups excluding tert-OH is 1. The van der Waals surface area contributed by atoms with Crippen LogP contribution in [-0.2, 0) is 6.54 Å². The molecule has 0 aliphatic rings. The van der Waals surface area contributed by atoms with Crippen molar-refractivity contribution in [1.29, 1.82) is 5.53 Å². The highest BCUT2D eigenvalue weighted by Gasteiger charge is 2.21. The van der Waals surface area contributed by atoms with E-state index in [0.29, 0.717) is 31.7 Å². The summed E-state index contributed by atoms with van der Waals surface area (Å²) < 4.78 is 16.2. The molecular formula is C14H14BrFIN5O. The third-order valence-electron chi connectivity index (χ3n) is 3.10. The van der Waals surface area contributed by atoms with E-state index in [1.165, 1.54) is 18.3 Å². The Balaban J connectivity index is 2.32. The summed E-state index contributed by atoms with van der Waals surface area (Å²) >= 11 is 5.39. The number of aryl methyl sites for hydroxylation is 1. The van der Waals surface area contributed by atoms with Crippen LogP contribution >= 0.6 is 38.5 Å². The number of benzene rings is 1. The second kappa shape index (κ2) is 7.97. The number of anilines is 1. The first-order chi connectivity index (χ1) is 11.0. The van der Waals surface area contributed by atoms with E-state index in [-0.39, 0.29) is 5.82 Å². The molecule has 1 unspecified atom stereocenters.